The molecule has 0 radical (unpaired) electrons. The molecule has 0 aromatic heterocycles. The van der Waals surface area contributed by atoms with Gasteiger partial charge in [0, 0.05) is 13.1 Å². The predicted molar refractivity (Wildman–Crippen MR) is 81.7 cm³/mol. The zero-order valence-corrected chi connectivity index (χ0v) is 12.6. The van der Waals surface area contributed by atoms with E-state index in [1.165, 1.54) is 0 Å². The highest BCUT2D eigenvalue weighted by Crippen LogP contribution is 2.20. The Morgan fingerprint density at radius 2 is 2.05 bits per heavy atom. The lowest BCUT2D eigenvalue weighted by atomic mass is 10.0. The number of aryl methyl sites for hydroxylation is 1. The van der Waals surface area contributed by atoms with Crippen LogP contribution >= 0.6 is 0 Å². The fourth-order valence-corrected chi connectivity index (χ4v) is 2.60. The molecule has 21 heavy (non-hydrogen) atoms. The molecule has 1 atom stereocenters. The van der Waals surface area contributed by atoms with Crippen molar-refractivity contribution in [2.75, 3.05) is 18.4 Å². The molecule has 114 valence electrons. The first-order valence-electron chi connectivity index (χ1n) is 7.37. The van der Waals surface area contributed by atoms with Crippen LogP contribution in [-0.4, -0.2) is 35.1 Å². The van der Waals surface area contributed by atoms with Crippen LogP contribution in [-0.2, 0) is 0 Å². The molecular formula is C16H22N2O3. The highest BCUT2D eigenvalue weighted by Gasteiger charge is 2.20. The average Bonchev–Trinajstić information content (AvgIpc) is 2.65. The molecule has 2 N–H and O–H groups in total. The van der Waals surface area contributed by atoms with E-state index in [0.29, 0.717) is 11.6 Å². The maximum atomic E-state index is 12.3. The van der Waals surface area contributed by atoms with E-state index in [-0.39, 0.29) is 11.6 Å². The van der Waals surface area contributed by atoms with Gasteiger partial charge < -0.3 is 15.3 Å². The van der Waals surface area contributed by atoms with Crippen LogP contribution in [0, 0.1) is 12.8 Å². The maximum Gasteiger partial charge on any atom is 0.337 e. The van der Waals surface area contributed by atoms with Crippen molar-refractivity contribution in [1.82, 2.24) is 4.90 Å². The summed E-state index contributed by atoms with van der Waals surface area (Å²) in [6.45, 7) is 5.48. The van der Waals surface area contributed by atoms with Gasteiger partial charge in [-0.1, -0.05) is 18.6 Å². The molecule has 1 aliphatic heterocycles. The second kappa shape index (κ2) is 6.61. The van der Waals surface area contributed by atoms with Gasteiger partial charge in [0.05, 0.1) is 11.3 Å². The largest absolute Gasteiger partial charge is 0.478 e. The van der Waals surface area contributed by atoms with Crippen molar-refractivity contribution in [1.29, 1.82) is 0 Å². The van der Waals surface area contributed by atoms with Crippen LogP contribution in [0.1, 0.15) is 42.1 Å². The van der Waals surface area contributed by atoms with Gasteiger partial charge in [-0.05, 0) is 44.2 Å². The second-order valence-corrected chi connectivity index (χ2v) is 5.81. The van der Waals surface area contributed by atoms with E-state index >= 15 is 0 Å². The lowest BCUT2D eigenvalue weighted by Crippen LogP contribution is -2.36. The van der Waals surface area contributed by atoms with E-state index < -0.39 is 5.97 Å². The zero-order chi connectivity index (χ0) is 15.4. The number of hydrogen-bond acceptors (Lipinski definition) is 2. The highest BCUT2D eigenvalue weighted by atomic mass is 16.4. The Labute approximate surface area is 125 Å². The van der Waals surface area contributed by atoms with E-state index in [9.17, 15) is 14.7 Å². The summed E-state index contributed by atoms with van der Waals surface area (Å²) < 4.78 is 0. The Morgan fingerprint density at radius 1 is 1.29 bits per heavy atom. The molecule has 1 aliphatic rings. The van der Waals surface area contributed by atoms with E-state index in [0.717, 1.165) is 37.9 Å². The van der Waals surface area contributed by atoms with Crippen molar-refractivity contribution in [2.24, 2.45) is 5.92 Å². The third kappa shape index (κ3) is 3.97. The van der Waals surface area contributed by atoms with Gasteiger partial charge in [0.25, 0.3) is 0 Å². The van der Waals surface area contributed by atoms with Crippen molar-refractivity contribution in [2.45, 2.75) is 33.1 Å². The molecule has 0 spiro atoms. The summed E-state index contributed by atoms with van der Waals surface area (Å²) in [5.74, 6) is -0.393. The average molecular weight is 290 g/mol. The number of amides is 2. The van der Waals surface area contributed by atoms with E-state index in [1.54, 1.807) is 23.1 Å². The molecule has 1 heterocycles. The Hall–Kier alpha value is -2.04. The molecule has 2 rings (SSSR count). The number of urea groups is 1. The minimum atomic E-state index is -1.03. The summed E-state index contributed by atoms with van der Waals surface area (Å²) in [6.07, 6.45) is 3.12. The van der Waals surface area contributed by atoms with E-state index in [1.807, 2.05) is 6.92 Å². The predicted octanol–water partition coefficient (Wildman–Crippen LogP) is 3.35. The Bertz CT molecular complexity index is 542. The summed E-state index contributed by atoms with van der Waals surface area (Å²) in [5, 5.41) is 12.0. The summed E-state index contributed by atoms with van der Waals surface area (Å²) in [4.78, 5) is 25.3. The number of carboxylic acid groups (broad SMARTS) is 1. The Balaban J connectivity index is 2.10. The highest BCUT2D eigenvalue weighted by molar-refractivity contribution is 6.00. The molecule has 5 heteroatoms. The number of likely N-dealkylation sites (tertiary alicyclic amines) is 1. The van der Waals surface area contributed by atoms with Crippen LogP contribution in [0.25, 0.3) is 0 Å². The van der Waals surface area contributed by atoms with Gasteiger partial charge in [-0.25, -0.2) is 9.59 Å². The quantitative estimate of drug-likeness (QED) is 0.877. The second-order valence-electron chi connectivity index (χ2n) is 5.81. The minimum absolute atomic E-state index is 0.131. The first-order chi connectivity index (χ1) is 9.97. The van der Waals surface area contributed by atoms with Gasteiger partial charge in [-0.15, -0.1) is 0 Å². The molecule has 1 unspecified atom stereocenters. The monoisotopic (exact) mass is 290 g/mol. The molecule has 0 aliphatic carbocycles. The van der Waals surface area contributed by atoms with Crippen molar-refractivity contribution in [3.05, 3.63) is 29.3 Å². The van der Waals surface area contributed by atoms with Crippen LogP contribution in [0.5, 0.6) is 0 Å². The van der Waals surface area contributed by atoms with Crippen molar-refractivity contribution >= 4 is 17.7 Å². The third-order valence-corrected chi connectivity index (χ3v) is 3.95. The van der Waals surface area contributed by atoms with Crippen LogP contribution in [0.15, 0.2) is 18.2 Å². The number of benzene rings is 1. The van der Waals surface area contributed by atoms with Gasteiger partial charge in [-0.3, -0.25) is 0 Å². The summed E-state index contributed by atoms with van der Waals surface area (Å²) >= 11 is 0. The number of rotatable bonds is 2. The first kappa shape index (κ1) is 15.4. The van der Waals surface area contributed by atoms with E-state index in [4.69, 9.17) is 0 Å². The van der Waals surface area contributed by atoms with Crippen molar-refractivity contribution in [3.8, 4) is 0 Å². The summed E-state index contributed by atoms with van der Waals surface area (Å²) in [7, 11) is 0. The lowest BCUT2D eigenvalue weighted by molar-refractivity contribution is 0.0698. The van der Waals surface area contributed by atoms with Gasteiger partial charge >= 0.3 is 12.0 Å². The van der Waals surface area contributed by atoms with Gasteiger partial charge in [-0.2, -0.15) is 0 Å². The number of anilines is 1. The SMILES string of the molecule is Cc1ccc(NC(=O)N2CCCC(C)CC2)c(C(=O)O)c1. The standard InChI is InChI=1S/C16H22N2O3/c1-11-4-3-8-18(9-7-11)16(21)17-14-6-5-12(2)10-13(14)15(19)20/h5-6,10-11H,3-4,7-9H2,1-2H3,(H,17,21)(H,19,20). The summed E-state index contributed by atoms with van der Waals surface area (Å²) in [5.41, 5.74) is 1.34. The molecule has 2 amide bonds. The number of carbonyl (C=O) groups excluding carboxylic acids is 1. The van der Waals surface area contributed by atoms with Crippen molar-refractivity contribution in [3.63, 3.8) is 0 Å². The van der Waals surface area contributed by atoms with Gasteiger partial charge in [0.2, 0.25) is 0 Å². The zero-order valence-electron chi connectivity index (χ0n) is 12.6. The van der Waals surface area contributed by atoms with E-state index in [2.05, 4.69) is 12.2 Å². The van der Waals surface area contributed by atoms with Gasteiger partial charge in [0.15, 0.2) is 0 Å². The molecule has 5 nitrogen and oxygen atoms in total. The molecular weight excluding hydrogens is 268 g/mol. The molecule has 0 bridgehead atoms. The first-order valence-corrected chi connectivity index (χ1v) is 7.37. The number of carboxylic acids is 1. The maximum absolute atomic E-state index is 12.3. The number of nitrogens with zero attached hydrogens (tertiary/aromatic N) is 1. The fourth-order valence-electron chi connectivity index (χ4n) is 2.60. The Morgan fingerprint density at radius 3 is 2.76 bits per heavy atom. The van der Waals surface area contributed by atoms with Crippen LogP contribution in [0.4, 0.5) is 10.5 Å². The minimum Gasteiger partial charge on any atom is -0.478 e. The van der Waals surface area contributed by atoms with Crippen LogP contribution in [0.2, 0.25) is 0 Å². The fraction of sp³-hybridized carbons (Fsp3) is 0.500. The summed E-state index contributed by atoms with van der Waals surface area (Å²) in [6, 6.07) is 4.81. The third-order valence-electron chi connectivity index (χ3n) is 3.95. The number of nitrogens with one attached hydrogen (secondary N) is 1. The van der Waals surface area contributed by atoms with Gasteiger partial charge in [0.1, 0.15) is 0 Å². The van der Waals surface area contributed by atoms with Crippen LogP contribution in [0.3, 0.4) is 0 Å². The smallest absolute Gasteiger partial charge is 0.337 e. The molecule has 0 saturated carbocycles. The number of hydrogen-bond donors (Lipinski definition) is 2. The topological polar surface area (TPSA) is 69.6 Å². The normalized spacial score (nSPS) is 19.0. The number of carbonyl (C=O) groups is 2. The van der Waals surface area contributed by atoms with Crippen LogP contribution < -0.4 is 5.32 Å². The van der Waals surface area contributed by atoms with Crippen molar-refractivity contribution < 1.29 is 14.7 Å². The lowest BCUT2D eigenvalue weighted by Gasteiger charge is -2.21. The number of aromatic carboxylic acids is 1. The molecule has 1 saturated heterocycles. The molecule has 1 aromatic rings. The Kier molecular flexibility index (Phi) is 4.83. The molecule has 1 aromatic carbocycles. The molecule has 1 fully saturated rings.